The maximum absolute atomic E-state index is 13.0. The third-order valence-corrected chi connectivity index (χ3v) is 5.67. The second-order valence-corrected chi connectivity index (χ2v) is 8.02. The summed E-state index contributed by atoms with van der Waals surface area (Å²) in [5.74, 6) is -1.16. The molecule has 1 N–H and O–H groups in total. The maximum Gasteiger partial charge on any atom is 0.295 e. The Morgan fingerprint density at radius 3 is 2.50 bits per heavy atom. The highest BCUT2D eigenvalue weighted by Crippen LogP contribution is 2.41. The first-order valence-electron chi connectivity index (χ1n) is 9.27. The number of ketones is 1. The number of carbonyl (C=O) groups excluding carboxylic acids is 2. The van der Waals surface area contributed by atoms with E-state index in [1.165, 1.54) is 12.0 Å². The number of hydrogen-bond acceptors (Lipinski definition) is 5. The van der Waals surface area contributed by atoms with Crippen LogP contribution in [0.25, 0.3) is 5.76 Å². The molecular formula is C22H22Cl2N2O4. The molecule has 1 atom stereocenters. The van der Waals surface area contributed by atoms with Gasteiger partial charge in [-0.2, -0.15) is 0 Å². The summed E-state index contributed by atoms with van der Waals surface area (Å²) in [6.07, 6.45) is 0. The van der Waals surface area contributed by atoms with Gasteiger partial charge in [0, 0.05) is 18.7 Å². The molecule has 6 nitrogen and oxygen atoms in total. The predicted molar refractivity (Wildman–Crippen MR) is 117 cm³/mol. The van der Waals surface area contributed by atoms with Crippen LogP contribution in [0.1, 0.15) is 17.2 Å². The van der Waals surface area contributed by atoms with Crippen LogP contribution in [0.15, 0.2) is 48.0 Å². The summed E-state index contributed by atoms with van der Waals surface area (Å²) in [6.45, 7) is 0.849. The quantitative estimate of drug-likeness (QED) is 0.411. The van der Waals surface area contributed by atoms with Crippen molar-refractivity contribution in [3.8, 4) is 5.75 Å². The fourth-order valence-electron chi connectivity index (χ4n) is 3.37. The molecule has 0 bridgehead atoms. The molecule has 1 unspecified atom stereocenters. The lowest BCUT2D eigenvalue weighted by atomic mass is 9.95. The minimum atomic E-state index is -0.786. The van der Waals surface area contributed by atoms with Gasteiger partial charge < -0.3 is 19.6 Å². The van der Waals surface area contributed by atoms with Crippen LogP contribution >= 0.6 is 23.2 Å². The van der Waals surface area contributed by atoms with Crippen LogP contribution in [0.4, 0.5) is 0 Å². The van der Waals surface area contributed by atoms with Gasteiger partial charge >= 0.3 is 0 Å². The van der Waals surface area contributed by atoms with Crippen LogP contribution in [0.3, 0.4) is 0 Å². The molecule has 1 heterocycles. The molecule has 1 saturated heterocycles. The van der Waals surface area contributed by atoms with Crippen molar-refractivity contribution in [1.82, 2.24) is 9.80 Å². The molecular weight excluding hydrogens is 427 g/mol. The van der Waals surface area contributed by atoms with Gasteiger partial charge in [-0.05, 0) is 43.9 Å². The SMILES string of the molecule is COc1cccc(/C(O)=C2\C(=O)C(=O)N(CCN(C)C)C2c2ccc(Cl)c(Cl)c2)c1. The fourth-order valence-corrected chi connectivity index (χ4v) is 3.68. The van der Waals surface area contributed by atoms with Crippen LogP contribution in [-0.2, 0) is 9.59 Å². The zero-order valence-electron chi connectivity index (χ0n) is 16.9. The summed E-state index contributed by atoms with van der Waals surface area (Å²) in [7, 11) is 5.26. The van der Waals surface area contributed by atoms with E-state index in [-0.39, 0.29) is 11.3 Å². The average Bonchev–Trinajstić information content (AvgIpc) is 2.98. The van der Waals surface area contributed by atoms with Gasteiger partial charge in [-0.25, -0.2) is 0 Å². The summed E-state index contributed by atoms with van der Waals surface area (Å²) in [4.78, 5) is 29.2. The standard InChI is InChI=1S/C22H22Cl2N2O4/c1-25(2)9-10-26-19(13-7-8-16(23)17(24)12-13)18(21(28)22(26)29)20(27)14-5-4-6-15(11-14)30-3/h4-8,11-12,19,27H,9-10H2,1-3H3/b20-18+. The monoisotopic (exact) mass is 448 g/mol. The Labute approximate surface area is 185 Å². The smallest absolute Gasteiger partial charge is 0.295 e. The van der Waals surface area contributed by atoms with Gasteiger partial charge in [0.05, 0.1) is 28.8 Å². The number of Topliss-reactive ketones (excluding diaryl/α,β-unsaturated/α-hetero) is 1. The van der Waals surface area contributed by atoms with E-state index >= 15 is 0 Å². The highest BCUT2D eigenvalue weighted by molar-refractivity contribution is 6.46. The van der Waals surface area contributed by atoms with Gasteiger partial charge in [-0.15, -0.1) is 0 Å². The van der Waals surface area contributed by atoms with E-state index in [4.69, 9.17) is 27.9 Å². The van der Waals surface area contributed by atoms with Crippen LogP contribution in [0.5, 0.6) is 5.75 Å². The summed E-state index contributed by atoms with van der Waals surface area (Å²) < 4.78 is 5.21. The summed E-state index contributed by atoms with van der Waals surface area (Å²) in [5.41, 5.74) is 0.974. The average molecular weight is 449 g/mol. The number of aliphatic hydroxyl groups excluding tert-OH is 1. The molecule has 8 heteroatoms. The number of carbonyl (C=O) groups is 2. The second kappa shape index (κ2) is 9.08. The van der Waals surface area contributed by atoms with Gasteiger partial charge in [0.2, 0.25) is 0 Å². The molecule has 1 amide bonds. The number of halogens is 2. The van der Waals surface area contributed by atoms with E-state index < -0.39 is 17.7 Å². The van der Waals surface area contributed by atoms with Crippen molar-refractivity contribution < 1.29 is 19.4 Å². The number of amides is 1. The van der Waals surface area contributed by atoms with E-state index in [1.807, 2.05) is 19.0 Å². The van der Waals surface area contributed by atoms with Gasteiger partial charge in [0.1, 0.15) is 11.5 Å². The molecule has 0 aliphatic carbocycles. The Morgan fingerprint density at radius 2 is 1.87 bits per heavy atom. The number of hydrogen-bond donors (Lipinski definition) is 1. The summed E-state index contributed by atoms with van der Waals surface area (Å²) >= 11 is 12.3. The second-order valence-electron chi connectivity index (χ2n) is 7.20. The number of rotatable bonds is 6. The molecule has 158 valence electrons. The van der Waals surface area contributed by atoms with Crippen LogP contribution in [0.2, 0.25) is 10.0 Å². The molecule has 0 spiro atoms. The largest absolute Gasteiger partial charge is 0.507 e. The first kappa shape index (κ1) is 22.2. The molecule has 3 rings (SSSR count). The number of ether oxygens (including phenoxy) is 1. The summed E-state index contributed by atoms with van der Waals surface area (Å²) in [6, 6.07) is 10.8. The Balaban J connectivity index is 2.17. The fraction of sp³-hybridized carbons (Fsp3) is 0.273. The molecule has 2 aromatic carbocycles. The summed E-state index contributed by atoms with van der Waals surface area (Å²) in [5, 5.41) is 11.7. The molecule has 0 aromatic heterocycles. The molecule has 30 heavy (non-hydrogen) atoms. The van der Waals surface area contributed by atoms with Crippen molar-refractivity contribution in [3.05, 3.63) is 69.2 Å². The highest BCUT2D eigenvalue weighted by atomic mass is 35.5. The predicted octanol–water partition coefficient (Wildman–Crippen LogP) is 3.99. The van der Waals surface area contributed by atoms with E-state index in [9.17, 15) is 14.7 Å². The molecule has 1 aliphatic rings. The molecule has 1 fully saturated rings. The van der Waals surface area contributed by atoms with E-state index in [2.05, 4.69) is 0 Å². The third-order valence-electron chi connectivity index (χ3n) is 4.93. The van der Waals surface area contributed by atoms with Gasteiger partial charge in [-0.1, -0.05) is 41.4 Å². The zero-order chi connectivity index (χ0) is 22.0. The maximum atomic E-state index is 13.0. The van der Waals surface area contributed by atoms with E-state index in [0.29, 0.717) is 40.0 Å². The van der Waals surface area contributed by atoms with Crippen LogP contribution in [-0.4, -0.2) is 60.9 Å². The van der Waals surface area contributed by atoms with Gasteiger partial charge in [0.15, 0.2) is 0 Å². The Bertz CT molecular complexity index is 1020. The topological polar surface area (TPSA) is 70.1 Å². The first-order chi connectivity index (χ1) is 14.2. The Morgan fingerprint density at radius 1 is 1.13 bits per heavy atom. The lowest BCUT2D eigenvalue weighted by Gasteiger charge is -2.26. The number of nitrogens with zero attached hydrogens (tertiary/aromatic N) is 2. The van der Waals surface area contributed by atoms with E-state index in [0.717, 1.165) is 0 Å². The normalized spacial score (nSPS) is 18.3. The van der Waals surface area contributed by atoms with Crippen molar-refractivity contribution in [2.45, 2.75) is 6.04 Å². The van der Waals surface area contributed by atoms with Crippen LogP contribution in [0, 0.1) is 0 Å². The van der Waals surface area contributed by atoms with Crippen molar-refractivity contribution >= 4 is 40.7 Å². The third kappa shape index (κ3) is 4.31. The molecule has 0 saturated carbocycles. The van der Waals surface area contributed by atoms with Gasteiger partial charge in [-0.3, -0.25) is 9.59 Å². The Hall–Kier alpha value is -2.54. The van der Waals surface area contributed by atoms with Gasteiger partial charge in [0.25, 0.3) is 11.7 Å². The first-order valence-corrected chi connectivity index (χ1v) is 10.0. The highest BCUT2D eigenvalue weighted by Gasteiger charge is 2.46. The lowest BCUT2D eigenvalue weighted by molar-refractivity contribution is -0.140. The number of benzene rings is 2. The van der Waals surface area contributed by atoms with Crippen molar-refractivity contribution in [3.63, 3.8) is 0 Å². The van der Waals surface area contributed by atoms with Crippen molar-refractivity contribution in [2.75, 3.05) is 34.3 Å². The molecule has 0 radical (unpaired) electrons. The number of likely N-dealkylation sites (N-methyl/N-ethyl adjacent to an activating group) is 1. The van der Waals surface area contributed by atoms with Crippen LogP contribution < -0.4 is 4.74 Å². The molecule has 1 aliphatic heterocycles. The minimum absolute atomic E-state index is 0.00500. The van der Waals surface area contributed by atoms with Crippen molar-refractivity contribution in [1.29, 1.82) is 0 Å². The number of methoxy groups -OCH3 is 1. The lowest BCUT2D eigenvalue weighted by Crippen LogP contribution is -2.35. The van der Waals surface area contributed by atoms with E-state index in [1.54, 1.807) is 42.5 Å². The number of aliphatic hydroxyl groups is 1. The zero-order valence-corrected chi connectivity index (χ0v) is 18.4. The number of likely N-dealkylation sites (tertiary alicyclic amines) is 1. The van der Waals surface area contributed by atoms with Crippen molar-refractivity contribution in [2.24, 2.45) is 0 Å². The Kier molecular flexibility index (Phi) is 6.71. The minimum Gasteiger partial charge on any atom is -0.507 e. The molecule has 2 aromatic rings.